The first kappa shape index (κ1) is 27.6. The Kier molecular flexibility index (Phi) is 7.15. The number of phenols is 1. The van der Waals surface area contributed by atoms with Crippen LogP contribution in [0.3, 0.4) is 0 Å². The third kappa shape index (κ3) is 4.86. The number of aromatic hydroxyl groups is 1. The molecule has 0 radical (unpaired) electrons. The van der Waals surface area contributed by atoms with Crippen LogP contribution in [0, 0.1) is 0 Å². The number of nitrogens with one attached hydrogen (secondary N) is 1. The van der Waals surface area contributed by atoms with Crippen LogP contribution >= 0.6 is 0 Å². The molecule has 3 unspecified atom stereocenters. The maximum absolute atomic E-state index is 10.2. The quantitative estimate of drug-likeness (QED) is 0.261. The summed E-state index contributed by atoms with van der Waals surface area (Å²) in [6, 6.07) is 23.1. The number of nitrogens with zero attached hydrogens (tertiary/aromatic N) is 1. The molecule has 3 aliphatic rings. The van der Waals surface area contributed by atoms with Crippen molar-refractivity contribution in [3.05, 3.63) is 106 Å². The first-order valence-corrected chi connectivity index (χ1v) is 15.0. The first-order chi connectivity index (χ1) is 21.0. The topological polar surface area (TPSA) is 72.4 Å². The van der Waals surface area contributed by atoms with Crippen molar-refractivity contribution in [1.29, 1.82) is 0 Å². The molecule has 222 valence electrons. The van der Waals surface area contributed by atoms with E-state index in [1.807, 2.05) is 18.2 Å². The SMILES string of the molecule is COc1ccc(CC2NCCc3ccc(Oc4c5c(cc(OC)c4OC)C4Cc6cc(O)ccc6C(C5)N4C)cc32)cc1. The molecule has 0 aliphatic carbocycles. The van der Waals surface area contributed by atoms with Gasteiger partial charge >= 0.3 is 0 Å². The van der Waals surface area contributed by atoms with Gasteiger partial charge in [0.2, 0.25) is 5.75 Å². The number of hydrogen-bond donors (Lipinski definition) is 2. The molecule has 0 spiro atoms. The zero-order valence-corrected chi connectivity index (χ0v) is 25.1. The van der Waals surface area contributed by atoms with Crippen molar-refractivity contribution in [1.82, 2.24) is 10.2 Å². The van der Waals surface area contributed by atoms with Gasteiger partial charge in [-0.05, 0) is 115 Å². The fraction of sp³-hybridized carbons (Fsp3) is 0.333. The Bertz CT molecular complexity index is 1670. The zero-order valence-electron chi connectivity index (χ0n) is 25.1. The fourth-order valence-electron chi connectivity index (χ4n) is 7.27. The summed E-state index contributed by atoms with van der Waals surface area (Å²) in [6.45, 7) is 0.945. The predicted molar refractivity (Wildman–Crippen MR) is 166 cm³/mol. The van der Waals surface area contributed by atoms with E-state index >= 15 is 0 Å². The smallest absolute Gasteiger partial charge is 0.204 e. The van der Waals surface area contributed by atoms with Gasteiger partial charge in [0.25, 0.3) is 0 Å². The number of ether oxygens (including phenoxy) is 4. The number of benzene rings is 4. The molecule has 7 nitrogen and oxygen atoms in total. The molecular formula is C36H38N2O5. The second kappa shape index (κ2) is 11.1. The van der Waals surface area contributed by atoms with Crippen LogP contribution in [0.15, 0.2) is 66.7 Å². The number of rotatable bonds is 7. The summed E-state index contributed by atoms with van der Waals surface area (Å²) in [5.41, 5.74) is 8.64. The van der Waals surface area contributed by atoms with E-state index in [1.165, 1.54) is 33.4 Å². The summed E-state index contributed by atoms with van der Waals surface area (Å²) < 4.78 is 24.0. The van der Waals surface area contributed by atoms with E-state index in [4.69, 9.17) is 18.9 Å². The van der Waals surface area contributed by atoms with Crippen molar-refractivity contribution in [3.8, 4) is 34.5 Å². The van der Waals surface area contributed by atoms with Gasteiger partial charge in [0.15, 0.2) is 11.5 Å². The van der Waals surface area contributed by atoms with Crippen molar-refractivity contribution < 1.29 is 24.1 Å². The van der Waals surface area contributed by atoms with E-state index in [-0.39, 0.29) is 18.1 Å². The van der Waals surface area contributed by atoms with E-state index in [9.17, 15) is 5.11 Å². The van der Waals surface area contributed by atoms with E-state index in [0.717, 1.165) is 55.0 Å². The summed E-state index contributed by atoms with van der Waals surface area (Å²) in [7, 11) is 7.22. The third-order valence-corrected chi connectivity index (χ3v) is 9.50. The van der Waals surface area contributed by atoms with Crippen molar-refractivity contribution >= 4 is 0 Å². The Labute approximate surface area is 253 Å². The van der Waals surface area contributed by atoms with E-state index < -0.39 is 0 Å². The molecule has 0 fully saturated rings. The van der Waals surface area contributed by atoms with Crippen LogP contribution in [0.1, 0.15) is 57.1 Å². The second-order valence-corrected chi connectivity index (χ2v) is 11.8. The number of likely N-dealkylation sites (N-methyl/N-ethyl adjacent to an activating group) is 1. The number of methoxy groups -OCH3 is 3. The summed E-state index contributed by atoms with van der Waals surface area (Å²) in [5.74, 6) is 3.94. The van der Waals surface area contributed by atoms with E-state index in [1.54, 1.807) is 27.4 Å². The number of phenolic OH excluding ortho intramolecular Hbond substituents is 1. The van der Waals surface area contributed by atoms with Crippen molar-refractivity contribution in [2.75, 3.05) is 34.9 Å². The number of fused-ring (bicyclic) bond motifs is 7. The lowest BCUT2D eigenvalue weighted by atomic mass is 9.76. The molecule has 7 rings (SSSR count). The molecule has 7 heteroatoms. The average molecular weight is 579 g/mol. The maximum atomic E-state index is 10.2. The average Bonchev–Trinajstić information content (AvgIpc) is 3.02. The van der Waals surface area contributed by atoms with Crippen molar-refractivity contribution in [2.45, 2.75) is 43.8 Å². The lowest BCUT2D eigenvalue weighted by molar-refractivity contribution is 0.136. The largest absolute Gasteiger partial charge is 0.508 e. The molecule has 0 saturated heterocycles. The Morgan fingerprint density at radius 3 is 2.33 bits per heavy atom. The summed E-state index contributed by atoms with van der Waals surface area (Å²) in [5, 5.41) is 13.9. The van der Waals surface area contributed by atoms with Crippen LogP contribution < -0.4 is 24.3 Å². The Balaban J connectivity index is 1.26. The van der Waals surface area contributed by atoms with Crippen molar-refractivity contribution in [2.24, 2.45) is 0 Å². The molecule has 2 bridgehead atoms. The number of hydrogen-bond acceptors (Lipinski definition) is 7. The van der Waals surface area contributed by atoms with Crippen LogP contribution in [0.4, 0.5) is 0 Å². The maximum Gasteiger partial charge on any atom is 0.204 e. The standard InChI is InChI=1S/C36H38N2O5/c1-38-32-17-23-16-24(39)8-12-27(23)33(38)19-30-29(32)20-34(41-3)36(42-4)35(30)43-26-11-7-22-13-14-37-31(28(22)18-26)15-21-5-9-25(40-2)10-6-21/h5-12,16,18,20,31-33,37,39H,13-15,17,19H2,1-4H3. The summed E-state index contributed by atoms with van der Waals surface area (Å²) in [6.07, 6.45) is 3.43. The van der Waals surface area contributed by atoms with Crippen LogP contribution in [-0.4, -0.2) is 44.9 Å². The van der Waals surface area contributed by atoms with E-state index in [2.05, 4.69) is 59.7 Å². The third-order valence-electron chi connectivity index (χ3n) is 9.50. The van der Waals surface area contributed by atoms with Crippen LogP contribution in [0.2, 0.25) is 0 Å². The molecular weight excluding hydrogens is 540 g/mol. The fourth-order valence-corrected chi connectivity index (χ4v) is 7.27. The van der Waals surface area contributed by atoms with Gasteiger partial charge in [-0.3, -0.25) is 4.90 Å². The molecule has 4 aromatic rings. The monoisotopic (exact) mass is 578 g/mol. The molecule has 3 aliphatic heterocycles. The molecule has 3 heterocycles. The van der Waals surface area contributed by atoms with Gasteiger partial charge in [-0.2, -0.15) is 0 Å². The van der Waals surface area contributed by atoms with Gasteiger partial charge in [0.1, 0.15) is 17.2 Å². The minimum atomic E-state index is 0.131. The lowest BCUT2D eigenvalue weighted by Gasteiger charge is -2.46. The normalized spacial score (nSPS) is 20.4. The van der Waals surface area contributed by atoms with Crippen LogP contribution in [-0.2, 0) is 25.7 Å². The minimum absolute atomic E-state index is 0.131. The van der Waals surface area contributed by atoms with Crippen LogP contribution in [0.5, 0.6) is 34.5 Å². The summed E-state index contributed by atoms with van der Waals surface area (Å²) in [4.78, 5) is 2.44. The molecule has 0 amide bonds. The molecule has 43 heavy (non-hydrogen) atoms. The molecule has 0 aromatic heterocycles. The minimum Gasteiger partial charge on any atom is -0.508 e. The van der Waals surface area contributed by atoms with Gasteiger partial charge in [0.05, 0.1) is 21.3 Å². The molecule has 2 N–H and O–H groups in total. The van der Waals surface area contributed by atoms with E-state index in [0.29, 0.717) is 17.2 Å². The lowest BCUT2D eigenvalue weighted by Crippen LogP contribution is -2.40. The molecule has 4 aromatic carbocycles. The summed E-state index contributed by atoms with van der Waals surface area (Å²) >= 11 is 0. The highest BCUT2D eigenvalue weighted by Crippen LogP contribution is 2.54. The van der Waals surface area contributed by atoms with Gasteiger partial charge in [-0.1, -0.05) is 24.3 Å². The Hall–Kier alpha value is -4.20. The van der Waals surface area contributed by atoms with Gasteiger partial charge in [-0.25, -0.2) is 0 Å². The molecule has 3 atom stereocenters. The zero-order chi connectivity index (χ0) is 29.7. The highest BCUT2D eigenvalue weighted by atomic mass is 16.5. The first-order valence-electron chi connectivity index (χ1n) is 15.0. The molecule has 0 saturated carbocycles. The second-order valence-electron chi connectivity index (χ2n) is 11.8. The highest BCUT2D eigenvalue weighted by Gasteiger charge is 2.41. The van der Waals surface area contributed by atoms with Gasteiger partial charge < -0.3 is 29.4 Å². The predicted octanol–water partition coefficient (Wildman–Crippen LogP) is 6.47. The van der Waals surface area contributed by atoms with Gasteiger partial charge in [0, 0.05) is 23.7 Å². The Morgan fingerprint density at radius 1 is 0.767 bits per heavy atom. The van der Waals surface area contributed by atoms with Gasteiger partial charge in [-0.15, -0.1) is 0 Å². The Morgan fingerprint density at radius 2 is 1.56 bits per heavy atom. The van der Waals surface area contributed by atoms with Crippen molar-refractivity contribution in [3.63, 3.8) is 0 Å². The van der Waals surface area contributed by atoms with Crippen LogP contribution in [0.25, 0.3) is 0 Å². The highest BCUT2D eigenvalue weighted by molar-refractivity contribution is 5.63.